The molecule has 2 aromatic carbocycles. The van der Waals surface area contributed by atoms with Gasteiger partial charge in [0.1, 0.15) is 0 Å². The van der Waals surface area contributed by atoms with E-state index in [0.29, 0.717) is 5.56 Å². The SMILES string of the molecule is Cc1cc(C)c(-c2ccccc2C(N)=O)c(C)c1. The van der Waals surface area contributed by atoms with E-state index in [1.807, 2.05) is 18.2 Å². The van der Waals surface area contributed by atoms with E-state index in [2.05, 4.69) is 32.9 Å². The average molecular weight is 239 g/mol. The molecule has 92 valence electrons. The van der Waals surface area contributed by atoms with Gasteiger partial charge in [-0.2, -0.15) is 0 Å². The standard InChI is InChI=1S/C16H17NO/c1-10-8-11(2)15(12(3)9-10)13-6-4-5-7-14(13)16(17)18/h4-9H,1-3H3,(H2,17,18). The van der Waals surface area contributed by atoms with Gasteiger partial charge < -0.3 is 5.73 Å². The van der Waals surface area contributed by atoms with E-state index in [0.717, 1.165) is 11.1 Å². The van der Waals surface area contributed by atoms with Crippen molar-refractivity contribution in [2.75, 3.05) is 0 Å². The lowest BCUT2D eigenvalue weighted by molar-refractivity contribution is 0.100. The van der Waals surface area contributed by atoms with Gasteiger partial charge in [-0.05, 0) is 49.1 Å². The van der Waals surface area contributed by atoms with Crippen molar-refractivity contribution >= 4 is 5.91 Å². The zero-order valence-corrected chi connectivity index (χ0v) is 10.9. The number of rotatable bonds is 2. The highest BCUT2D eigenvalue weighted by molar-refractivity contribution is 6.00. The van der Waals surface area contributed by atoms with Crippen molar-refractivity contribution in [1.29, 1.82) is 0 Å². The average Bonchev–Trinajstić information content (AvgIpc) is 2.28. The van der Waals surface area contributed by atoms with Crippen LogP contribution in [-0.4, -0.2) is 5.91 Å². The number of carbonyl (C=O) groups is 1. The van der Waals surface area contributed by atoms with E-state index in [1.165, 1.54) is 16.7 Å². The van der Waals surface area contributed by atoms with Gasteiger partial charge in [0.25, 0.3) is 0 Å². The van der Waals surface area contributed by atoms with Gasteiger partial charge in [0.05, 0.1) is 0 Å². The molecule has 2 N–H and O–H groups in total. The molecule has 2 aromatic rings. The van der Waals surface area contributed by atoms with Gasteiger partial charge >= 0.3 is 0 Å². The minimum absolute atomic E-state index is 0.384. The molecule has 18 heavy (non-hydrogen) atoms. The Balaban J connectivity index is 2.74. The second-order valence-electron chi connectivity index (χ2n) is 4.68. The predicted molar refractivity (Wildman–Crippen MR) is 74.6 cm³/mol. The molecule has 2 heteroatoms. The van der Waals surface area contributed by atoms with Gasteiger partial charge in [-0.25, -0.2) is 0 Å². The first-order valence-electron chi connectivity index (χ1n) is 5.97. The predicted octanol–water partition coefficient (Wildman–Crippen LogP) is 3.38. The summed E-state index contributed by atoms with van der Waals surface area (Å²) in [6.07, 6.45) is 0. The molecular weight excluding hydrogens is 222 g/mol. The summed E-state index contributed by atoms with van der Waals surface area (Å²) in [6, 6.07) is 11.7. The van der Waals surface area contributed by atoms with Crippen molar-refractivity contribution < 1.29 is 4.79 Å². The minimum atomic E-state index is -0.384. The molecule has 0 bridgehead atoms. The van der Waals surface area contributed by atoms with Gasteiger partial charge in [0, 0.05) is 5.56 Å². The van der Waals surface area contributed by atoms with E-state index in [9.17, 15) is 4.79 Å². The second-order valence-corrected chi connectivity index (χ2v) is 4.68. The number of hydrogen-bond donors (Lipinski definition) is 1. The molecule has 2 rings (SSSR count). The van der Waals surface area contributed by atoms with Crippen LogP contribution < -0.4 is 5.73 Å². The molecule has 0 aliphatic rings. The maximum Gasteiger partial charge on any atom is 0.249 e. The summed E-state index contributed by atoms with van der Waals surface area (Å²) in [6.45, 7) is 6.20. The first-order valence-corrected chi connectivity index (χ1v) is 5.97. The first kappa shape index (κ1) is 12.4. The van der Waals surface area contributed by atoms with Crippen LogP contribution in [0.25, 0.3) is 11.1 Å². The van der Waals surface area contributed by atoms with Crippen molar-refractivity contribution in [3.05, 3.63) is 58.7 Å². The molecule has 0 aromatic heterocycles. The molecule has 0 atom stereocenters. The summed E-state index contributed by atoms with van der Waals surface area (Å²) >= 11 is 0. The highest BCUT2D eigenvalue weighted by Gasteiger charge is 2.13. The fourth-order valence-corrected chi connectivity index (χ4v) is 2.52. The topological polar surface area (TPSA) is 43.1 Å². The van der Waals surface area contributed by atoms with Gasteiger partial charge in [-0.3, -0.25) is 4.79 Å². The largest absolute Gasteiger partial charge is 0.366 e. The van der Waals surface area contributed by atoms with Gasteiger partial charge in [-0.1, -0.05) is 35.9 Å². The van der Waals surface area contributed by atoms with Gasteiger partial charge in [0.15, 0.2) is 0 Å². The van der Waals surface area contributed by atoms with Crippen molar-refractivity contribution in [2.24, 2.45) is 5.73 Å². The number of primary amides is 1. The highest BCUT2D eigenvalue weighted by Crippen LogP contribution is 2.30. The lowest BCUT2D eigenvalue weighted by Crippen LogP contribution is -2.12. The molecule has 0 saturated carbocycles. The smallest absolute Gasteiger partial charge is 0.249 e. The van der Waals surface area contributed by atoms with Crippen LogP contribution in [-0.2, 0) is 0 Å². The van der Waals surface area contributed by atoms with E-state index >= 15 is 0 Å². The van der Waals surface area contributed by atoms with Crippen LogP contribution in [0.2, 0.25) is 0 Å². The Hall–Kier alpha value is -2.09. The van der Waals surface area contributed by atoms with Crippen LogP contribution in [0.15, 0.2) is 36.4 Å². The maximum absolute atomic E-state index is 11.5. The maximum atomic E-state index is 11.5. The first-order chi connectivity index (χ1) is 8.50. The quantitative estimate of drug-likeness (QED) is 0.857. The Bertz CT molecular complexity index is 591. The minimum Gasteiger partial charge on any atom is -0.366 e. The summed E-state index contributed by atoms with van der Waals surface area (Å²) in [4.78, 5) is 11.5. The second kappa shape index (κ2) is 4.65. The molecule has 0 heterocycles. The van der Waals surface area contributed by atoms with Crippen LogP contribution in [0, 0.1) is 20.8 Å². The number of hydrogen-bond acceptors (Lipinski definition) is 1. The monoisotopic (exact) mass is 239 g/mol. The zero-order chi connectivity index (χ0) is 13.3. The molecule has 0 fully saturated rings. The van der Waals surface area contributed by atoms with E-state index in [4.69, 9.17) is 5.73 Å². The zero-order valence-electron chi connectivity index (χ0n) is 10.9. The lowest BCUT2D eigenvalue weighted by Gasteiger charge is -2.14. The summed E-state index contributed by atoms with van der Waals surface area (Å²) in [5, 5.41) is 0. The Morgan fingerprint density at radius 2 is 1.56 bits per heavy atom. The van der Waals surface area contributed by atoms with Crippen molar-refractivity contribution in [3.8, 4) is 11.1 Å². The van der Waals surface area contributed by atoms with Crippen molar-refractivity contribution in [1.82, 2.24) is 0 Å². The third-order valence-corrected chi connectivity index (χ3v) is 3.14. The third kappa shape index (κ3) is 2.14. The molecule has 0 aliphatic carbocycles. The molecular formula is C16H17NO. The number of benzene rings is 2. The Morgan fingerprint density at radius 1 is 1.00 bits per heavy atom. The van der Waals surface area contributed by atoms with E-state index in [-0.39, 0.29) is 5.91 Å². The van der Waals surface area contributed by atoms with Crippen molar-refractivity contribution in [2.45, 2.75) is 20.8 Å². The summed E-state index contributed by atoms with van der Waals surface area (Å²) in [5.41, 5.74) is 11.6. The molecule has 0 spiro atoms. The van der Waals surface area contributed by atoms with Crippen LogP contribution in [0.1, 0.15) is 27.0 Å². The molecule has 0 aliphatic heterocycles. The van der Waals surface area contributed by atoms with Crippen LogP contribution in [0.5, 0.6) is 0 Å². The summed E-state index contributed by atoms with van der Waals surface area (Å²) in [7, 11) is 0. The third-order valence-electron chi connectivity index (χ3n) is 3.14. The molecule has 1 amide bonds. The number of nitrogens with two attached hydrogens (primary N) is 1. The van der Waals surface area contributed by atoms with Gasteiger partial charge in [0.2, 0.25) is 5.91 Å². The van der Waals surface area contributed by atoms with Crippen LogP contribution in [0.4, 0.5) is 0 Å². The van der Waals surface area contributed by atoms with Crippen molar-refractivity contribution in [3.63, 3.8) is 0 Å². The molecule has 0 saturated heterocycles. The Kier molecular flexibility index (Phi) is 3.19. The number of aryl methyl sites for hydroxylation is 3. The van der Waals surface area contributed by atoms with Crippen LogP contribution >= 0.6 is 0 Å². The van der Waals surface area contributed by atoms with Crippen LogP contribution in [0.3, 0.4) is 0 Å². The molecule has 0 unspecified atom stereocenters. The number of amides is 1. The highest BCUT2D eigenvalue weighted by atomic mass is 16.1. The normalized spacial score (nSPS) is 10.4. The fraction of sp³-hybridized carbons (Fsp3) is 0.188. The number of carbonyl (C=O) groups excluding carboxylic acids is 1. The summed E-state index contributed by atoms with van der Waals surface area (Å²) in [5.74, 6) is -0.384. The molecule has 0 radical (unpaired) electrons. The lowest BCUT2D eigenvalue weighted by atomic mass is 9.91. The van der Waals surface area contributed by atoms with E-state index < -0.39 is 0 Å². The van der Waals surface area contributed by atoms with Gasteiger partial charge in [-0.15, -0.1) is 0 Å². The Labute approximate surface area is 107 Å². The molecule has 2 nitrogen and oxygen atoms in total. The Morgan fingerprint density at radius 3 is 2.11 bits per heavy atom. The summed E-state index contributed by atoms with van der Waals surface area (Å²) < 4.78 is 0. The fourth-order valence-electron chi connectivity index (χ4n) is 2.52. The van der Waals surface area contributed by atoms with E-state index in [1.54, 1.807) is 6.07 Å².